The van der Waals surface area contributed by atoms with Crippen molar-refractivity contribution in [2.45, 2.75) is 13.3 Å². The van der Waals surface area contributed by atoms with Gasteiger partial charge in [0.1, 0.15) is 18.2 Å². The minimum absolute atomic E-state index is 0.590. The van der Waals surface area contributed by atoms with E-state index in [0.717, 1.165) is 44.8 Å². The number of ether oxygens (including phenoxy) is 2. The van der Waals surface area contributed by atoms with Gasteiger partial charge in [0.05, 0.1) is 0 Å². The zero-order valence-corrected chi connectivity index (χ0v) is 15.0. The molecule has 0 spiro atoms. The van der Waals surface area contributed by atoms with Crippen LogP contribution in [-0.4, -0.2) is 33.0 Å². The molecule has 26 heavy (non-hydrogen) atoms. The van der Waals surface area contributed by atoms with Crippen molar-refractivity contribution in [2.24, 2.45) is 0 Å². The fourth-order valence-corrected chi connectivity index (χ4v) is 3.93. The van der Waals surface area contributed by atoms with Crippen LogP contribution < -0.4 is 9.47 Å². The lowest BCUT2D eigenvalue weighted by Crippen LogP contribution is -2.15. The van der Waals surface area contributed by atoms with Crippen molar-refractivity contribution in [3.8, 4) is 22.9 Å². The van der Waals surface area contributed by atoms with E-state index in [1.54, 1.807) is 11.3 Å². The number of rotatable bonds is 3. The fourth-order valence-electron chi connectivity index (χ4n) is 3.06. The number of benzene rings is 2. The van der Waals surface area contributed by atoms with Gasteiger partial charge in [-0.2, -0.15) is 9.61 Å². The topological polar surface area (TPSA) is 61.5 Å². The molecule has 0 amide bonds. The highest BCUT2D eigenvalue weighted by atomic mass is 32.1. The summed E-state index contributed by atoms with van der Waals surface area (Å²) in [5, 5.41) is 14.3. The molecule has 130 valence electrons. The average Bonchev–Trinajstić information content (AvgIpc) is 3.21. The number of nitrogens with zero attached hydrogens (tertiary/aromatic N) is 4. The summed E-state index contributed by atoms with van der Waals surface area (Å²) in [5.74, 6) is 2.38. The van der Waals surface area contributed by atoms with Crippen LogP contribution >= 0.6 is 11.3 Å². The van der Waals surface area contributed by atoms with Gasteiger partial charge in [-0.05, 0) is 30.7 Å². The Morgan fingerprint density at radius 3 is 2.81 bits per heavy atom. The summed E-state index contributed by atoms with van der Waals surface area (Å²) in [6, 6.07) is 14.3. The molecular weight excluding hydrogens is 348 g/mol. The molecule has 0 saturated carbocycles. The highest BCUT2D eigenvalue weighted by Crippen LogP contribution is 2.32. The lowest BCUT2D eigenvalue weighted by atomic mass is 10.1. The molecule has 0 aliphatic carbocycles. The molecule has 1 aliphatic rings. The standard InChI is InChI=1S/C19H16N4O2S/c1-12-3-2-4-14(9-12)18-20-21-19-23(18)22-17(26-19)11-13-5-6-15-16(10-13)25-8-7-24-15/h2-6,9-10H,7-8,11H2,1H3. The molecule has 1 aliphatic heterocycles. The zero-order chi connectivity index (χ0) is 17.5. The van der Waals surface area contributed by atoms with Crippen LogP contribution in [0.25, 0.3) is 16.3 Å². The van der Waals surface area contributed by atoms with E-state index in [9.17, 15) is 0 Å². The molecule has 0 unspecified atom stereocenters. The SMILES string of the molecule is Cc1cccc(-c2nnc3sc(Cc4ccc5c(c4)OCCO5)nn23)c1. The van der Waals surface area contributed by atoms with Crippen LogP contribution in [0.3, 0.4) is 0 Å². The van der Waals surface area contributed by atoms with E-state index in [1.165, 1.54) is 5.56 Å². The summed E-state index contributed by atoms with van der Waals surface area (Å²) < 4.78 is 13.1. The predicted octanol–water partition coefficient (Wildman–Crippen LogP) is 3.52. The predicted molar refractivity (Wildman–Crippen MR) is 99.1 cm³/mol. The number of aryl methyl sites for hydroxylation is 1. The second kappa shape index (κ2) is 6.10. The van der Waals surface area contributed by atoms with Gasteiger partial charge in [-0.15, -0.1) is 10.2 Å². The van der Waals surface area contributed by atoms with E-state index in [4.69, 9.17) is 14.6 Å². The summed E-state index contributed by atoms with van der Waals surface area (Å²) in [5.41, 5.74) is 3.34. The van der Waals surface area contributed by atoms with Crippen LogP contribution in [-0.2, 0) is 6.42 Å². The summed E-state index contributed by atoms with van der Waals surface area (Å²) >= 11 is 1.56. The molecule has 0 radical (unpaired) electrons. The van der Waals surface area contributed by atoms with Gasteiger partial charge in [-0.1, -0.05) is 41.2 Å². The third-order valence-electron chi connectivity index (χ3n) is 4.27. The van der Waals surface area contributed by atoms with Gasteiger partial charge in [0, 0.05) is 12.0 Å². The van der Waals surface area contributed by atoms with Crippen LogP contribution in [0.2, 0.25) is 0 Å². The Labute approximate surface area is 154 Å². The first kappa shape index (κ1) is 15.3. The van der Waals surface area contributed by atoms with Crippen LogP contribution in [0, 0.1) is 6.92 Å². The molecule has 2 aromatic carbocycles. The summed E-state index contributed by atoms with van der Waals surface area (Å²) in [6.07, 6.45) is 0.720. The van der Waals surface area contributed by atoms with Crippen molar-refractivity contribution in [3.63, 3.8) is 0 Å². The molecule has 7 heteroatoms. The van der Waals surface area contributed by atoms with Crippen LogP contribution in [0.5, 0.6) is 11.5 Å². The molecule has 0 atom stereocenters. The van der Waals surface area contributed by atoms with E-state index in [2.05, 4.69) is 35.3 Å². The average molecular weight is 364 g/mol. The second-order valence-corrected chi connectivity index (χ2v) is 7.28. The number of aromatic nitrogens is 4. The Morgan fingerprint density at radius 1 is 1.04 bits per heavy atom. The van der Waals surface area contributed by atoms with Gasteiger partial charge in [0.15, 0.2) is 17.3 Å². The number of hydrogen-bond acceptors (Lipinski definition) is 6. The van der Waals surface area contributed by atoms with Crippen molar-refractivity contribution in [1.29, 1.82) is 0 Å². The normalized spacial score (nSPS) is 13.3. The van der Waals surface area contributed by atoms with E-state index in [1.807, 2.05) is 28.8 Å². The third-order valence-corrected chi connectivity index (χ3v) is 5.17. The third kappa shape index (κ3) is 2.70. The molecule has 4 aromatic rings. The van der Waals surface area contributed by atoms with Gasteiger partial charge in [0.25, 0.3) is 0 Å². The van der Waals surface area contributed by atoms with Crippen LogP contribution in [0.4, 0.5) is 0 Å². The summed E-state index contributed by atoms with van der Waals surface area (Å²) in [4.78, 5) is 0.800. The minimum atomic E-state index is 0.590. The molecule has 2 aromatic heterocycles. The maximum Gasteiger partial charge on any atom is 0.234 e. The van der Waals surface area contributed by atoms with E-state index in [0.29, 0.717) is 13.2 Å². The molecule has 6 nitrogen and oxygen atoms in total. The first-order valence-electron chi connectivity index (χ1n) is 8.43. The van der Waals surface area contributed by atoms with Gasteiger partial charge in [0.2, 0.25) is 4.96 Å². The molecule has 0 N–H and O–H groups in total. The summed E-state index contributed by atoms with van der Waals surface area (Å²) in [7, 11) is 0. The number of hydrogen-bond donors (Lipinski definition) is 0. The highest BCUT2D eigenvalue weighted by molar-refractivity contribution is 7.16. The lowest BCUT2D eigenvalue weighted by Gasteiger charge is -2.18. The largest absolute Gasteiger partial charge is 0.486 e. The maximum absolute atomic E-state index is 5.66. The van der Waals surface area contributed by atoms with E-state index >= 15 is 0 Å². The Hall–Kier alpha value is -2.93. The van der Waals surface area contributed by atoms with Gasteiger partial charge in [-0.3, -0.25) is 0 Å². The zero-order valence-electron chi connectivity index (χ0n) is 14.2. The quantitative estimate of drug-likeness (QED) is 0.557. The molecule has 0 fully saturated rings. The first-order valence-corrected chi connectivity index (χ1v) is 9.24. The Kier molecular flexibility index (Phi) is 3.60. The van der Waals surface area contributed by atoms with Crippen molar-refractivity contribution in [3.05, 3.63) is 58.6 Å². The highest BCUT2D eigenvalue weighted by Gasteiger charge is 2.16. The molecule has 3 heterocycles. The maximum atomic E-state index is 5.66. The summed E-state index contributed by atoms with van der Waals surface area (Å²) in [6.45, 7) is 3.26. The molecule has 5 rings (SSSR count). The van der Waals surface area contributed by atoms with Crippen molar-refractivity contribution >= 4 is 16.3 Å². The smallest absolute Gasteiger partial charge is 0.234 e. The lowest BCUT2D eigenvalue weighted by molar-refractivity contribution is 0.171. The van der Waals surface area contributed by atoms with Crippen molar-refractivity contribution < 1.29 is 9.47 Å². The Balaban J connectivity index is 1.47. The Bertz CT molecular complexity index is 1100. The van der Waals surface area contributed by atoms with Crippen molar-refractivity contribution in [2.75, 3.05) is 13.2 Å². The molecule has 0 bridgehead atoms. The van der Waals surface area contributed by atoms with Gasteiger partial charge < -0.3 is 9.47 Å². The van der Waals surface area contributed by atoms with Crippen molar-refractivity contribution in [1.82, 2.24) is 19.8 Å². The minimum Gasteiger partial charge on any atom is -0.486 e. The fraction of sp³-hybridized carbons (Fsp3) is 0.211. The van der Waals surface area contributed by atoms with Gasteiger partial charge >= 0.3 is 0 Å². The molecular formula is C19H16N4O2S. The van der Waals surface area contributed by atoms with Crippen LogP contribution in [0.1, 0.15) is 16.1 Å². The Morgan fingerprint density at radius 2 is 1.92 bits per heavy atom. The molecule has 0 saturated heterocycles. The van der Waals surface area contributed by atoms with Gasteiger partial charge in [-0.25, -0.2) is 0 Å². The first-order chi connectivity index (χ1) is 12.8. The monoisotopic (exact) mass is 364 g/mol. The number of fused-ring (bicyclic) bond motifs is 2. The van der Waals surface area contributed by atoms with Crippen LogP contribution in [0.15, 0.2) is 42.5 Å². The van der Waals surface area contributed by atoms with E-state index < -0.39 is 0 Å². The van der Waals surface area contributed by atoms with E-state index in [-0.39, 0.29) is 0 Å². The second-order valence-electron chi connectivity index (χ2n) is 6.24.